The van der Waals surface area contributed by atoms with Gasteiger partial charge in [-0.2, -0.15) is 0 Å². The maximum atomic E-state index is 11.3. The molecule has 1 aliphatic carbocycles. The van der Waals surface area contributed by atoms with E-state index in [0.717, 1.165) is 0 Å². The Morgan fingerprint density at radius 1 is 1.50 bits per heavy atom. The van der Waals surface area contributed by atoms with Crippen molar-refractivity contribution in [2.75, 3.05) is 0 Å². The Bertz CT molecular complexity index is 236. The number of ketones is 1. The van der Waals surface area contributed by atoms with Crippen molar-refractivity contribution < 1.29 is 4.79 Å². The van der Waals surface area contributed by atoms with Crippen molar-refractivity contribution in [3.63, 3.8) is 0 Å². The van der Waals surface area contributed by atoms with Gasteiger partial charge in [0.25, 0.3) is 0 Å². The molecule has 1 aliphatic rings. The minimum Gasteiger partial charge on any atom is -0.297 e. The van der Waals surface area contributed by atoms with Gasteiger partial charge in [0, 0.05) is 11.3 Å². The molecular weight excluding hydrogens is 172 g/mol. The summed E-state index contributed by atoms with van der Waals surface area (Å²) < 4.78 is 0. The molecule has 0 amide bonds. The molecule has 1 nitrogen and oxygen atoms in total. The molecule has 1 saturated carbocycles. The lowest BCUT2D eigenvalue weighted by Crippen LogP contribution is -2.54. The van der Waals surface area contributed by atoms with Gasteiger partial charge in [-0.25, -0.2) is 0 Å². The fourth-order valence-corrected chi connectivity index (χ4v) is 1.85. The zero-order chi connectivity index (χ0) is 9.52. The number of hydrogen-bond donors (Lipinski definition) is 0. The molecule has 12 heavy (non-hydrogen) atoms. The molecule has 0 bridgehead atoms. The maximum Gasteiger partial charge on any atom is 0.158 e. The normalized spacial score (nSPS) is 32.6. The van der Waals surface area contributed by atoms with Gasteiger partial charge in [0.15, 0.2) is 5.78 Å². The van der Waals surface area contributed by atoms with E-state index in [0.29, 0.717) is 0 Å². The van der Waals surface area contributed by atoms with Crippen LogP contribution in [0.15, 0.2) is 11.6 Å². The van der Waals surface area contributed by atoms with Crippen molar-refractivity contribution >= 4 is 17.4 Å². The quantitative estimate of drug-likeness (QED) is 0.455. The molecule has 0 radical (unpaired) electrons. The van der Waals surface area contributed by atoms with Crippen molar-refractivity contribution in [1.82, 2.24) is 0 Å². The Morgan fingerprint density at radius 2 is 2.00 bits per heavy atom. The van der Waals surface area contributed by atoms with Gasteiger partial charge in [-0.1, -0.05) is 25.5 Å². The van der Waals surface area contributed by atoms with Crippen LogP contribution in [0.25, 0.3) is 0 Å². The third-order valence-electron chi connectivity index (χ3n) is 2.51. The van der Waals surface area contributed by atoms with Gasteiger partial charge >= 0.3 is 0 Å². The van der Waals surface area contributed by atoms with Crippen LogP contribution in [0, 0.1) is 11.3 Å². The zero-order valence-electron chi connectivity index (χ0n) is 8.02. The lowest BCUT2D eigenvalue weighted by molar-refractivity contribution is -0.135. The fraction of sp³-hybridized carbons (Fsp3) is 0.700. The number of carbonyl (C=O) groups excluding carboxylic acids is 1. The molecular formula is C10H15ClO. The molecule has 1 fully saturated rings. The third kappa shape index (κ3) is 1.31. The van der Waals surface area contributed by atoms with E-state index in [9.17, 15) is 4.79 Å². The molecule has 1 rings (SSSR count). The van der Waals surface area contributed by atoms with Gasteiger partial charge in [0.2, 0.25) is 0 Å². The van der Waals surface area contributed by atoms with Crippen LogP contribution < -0.4 is 0 Å². The predicted octanol–water partition coefficient (Wildman–Crippen LogP) is 2.79. The lowest BCUT2D eigenvalue weighted by Gasteiger charge is -2.46. The van der Waals surface area contributed by atoms with Crippen LogP contribution >= 0.6 is 11.6 Å². The lowest BCUT2D eigenvalue weighted by atomic mass is 9.60. The second-order valence-electron chi connectivity index (χ2n) is 4.31. The second-order valence-corrected chi connectivity index (χ2v) is 4.74. The number of alkyl halides is 1. The van der Waals surface area contributed by atoms with Crippen LogP contribution in [-0.2, 0) is 4.79 Å². The summed E-state index contributed by atoms with van der Waals surface area (Å²) in [5.41, 5.74) is 1.13. The molecule has 0 saturated heterocycles. The molecule has 68 valence electrons. The molecule has 2 heteroatoms. The van der Waals surface area contributed by atoms with E-state index >= 15 is 0 Å². The number of halogens is 1. The highest BCUT2D eigenvalue weighted by molar-refractivity contribution is 6.35. The summed E-state index contributed by atoms with van der Waals surface area (Å²) in [5.74, 6) is 0.202. The second kappa shape index (κ2) is 2.88. The van der Waals surface area contributed by atoms with Gasteiger partial charge in [0.05, 0.1) is 5.38 Å². The number of allylic oxidation sites excluding steroid dienone is 2. The standard InChI is InChI=1S/C10H15ClO/c1-6(2)5-7-8(12)9(11)10(7,3)4/h5,7,9H,1-4H3/t7-,9-/m0/s1. The Hall–Kier alpha value is -0.300. The summed E-state index contributed by atoms with van der Waals surface area (Å²) in [6.45, 7) is 8.09. The Balaban J connectivity index is 2.82. The first-order valence-corrected chi connectivity index (χ1v) is 4.64. The van der Waals surface area contributed by atoms with Crippen molar-refractivity contribution in [3.8, 4) is 0 Å². The smallest absolute Gasteiger partial charge is 0.158 e. The average Bonchev–Trinajstić information content (AvgIpc) is 1.98. The van der Waals surface area contributed by atoms with Crippen molar-refractivity contribution in [2.45, 2.75) is 33.1 Å². The third-order valence-corrected chi connectivity index (χ3v) is 3.29. The van der Waals surface area contributed by atoms with Crippen LogP contribution in [0.1, 0.15) is 27.7 Å². The summed E-state index contributed by atoms with van der Waals surface area (Å²) in [6, 6.07) is 0. The number of rotatable bonds is 1. The van der Waals surface area contributed by atoms with E-state index in [1.807, 2.05) is 33.8 Å². The van der Waals surface area contributed by atoms with Crippen LogP contribution in [0.2, 0.25) is 0 Å². The molecule has 0 aromatic rings. The highest BCUT2D eigenvalue weighted by Gasteiger charge is 2.53. The molecule has 2 atom stereocenters. The van der Waals surface area contributed by atoms with E-state index in [1.54, 1.807) is 0 Å². The highest BCUT2D eigenvalue weighted by atomic mass is 35.5. The summed E-state index contributed by atoms with van der Waals surface area (Å²) >= 11 is 5.89. The predicted molar refractivity (Wildman–Crippen MR) is 51.4 cm³/mol. The van der Waals surface area contributed by atoms with Crippen molar-refractivity contribution in [3.05, 3.63) is 11.6 Å². The molecule has 0 aromatic heterocycles. The van der Waals surface area contributed by atoms with E-state index < -0.39 is 0 Å². The van der Waals surface area contributed by atoms with E-state index in [2.05, 4.69) is 0 Å². The molecule has 0 aliphatic heterocycles. The Kier molecular flexibility index (Phi) is 2.35. The van der Waals surface area contributed by atoms with Crippen LogP contribution in [0.4, 0.5) is 0 Å². The summed E-state index contributed by atoms with van der Waals surface area (Å²) in [7, 11) is 0. The van der Waals surface area contributed by atoms with Gasteiger partial charge in [-0.3, -0.25) is 4.79 Å². The van der Waals surface area contributed by atoms with Gasteiger partial charge in [0.1, 0.15) is 0 Å². The fourth-order valence-electron chi connectivity index (χ4n) is 1.58. The monoisotopic (exact) mass is 186 g/mol. The summed E-state index contributed by atoms with van der Waals surface area (Å²) in [5, 5.41) is -0.293. The molecule has 0 spiro atoms. The van der Waals surface area contributed by atoms with Crippen molar-refractivity contribution in [1.29, 1.82) is 0 Å². The molecule has 0 N–H and O–H groups in total. The van der Waals surface area contributed by atoms with Gasteiger partial charge < -0.3 is 0 Å². The molecule has 0 unspecified atom stereocenters. The van der Waals surface area contributed by atoms with Crippen LogP contribution in [0.3, 0.4) is 0 Å². The number of Topliss-reactive ketones (excluding diaryl/α,β-unsaturated/α-hetero) is 1. The largest absolute Gasteiger partial charge is 0.297 e. The Labute approximate surface area is 78.8 Å². The zero-order valence-corrected chi connectivity index (χ0v) is 8.77. The van der Waals surface area contributed by atoms with E-state index in [1.165, 1.54) is 5.57 Å². The number of hydrogen-bond acceptors (Lipinski definition) is 1. The topological polar surface area (TPSA) is 17.1 Å². The van der Waals surface area contributed by atoms with Crippen molar-refractivity contribution in [2.24, 2.45) is 11.3 Å². The number of carbonyl (C=O) groups is 1. The van der Waals surface area contributed by atoms with Crippen LogP contribution in [-0.4, -0.2) is 11.2 Å². The first kappa shape index (κ1) is 9.79. The minimum atomic E-state index is -0.293. The SMILES string of the molecule is CC(C)=C[C@H]1C(=O)[C@H](Cl)C1(C)C. The summed E-state index contributed by atoms with van der Waals surface area (Å²) in [6.07, 6.45) is 2.02. The molecule has 0 heterocycles. The van der Waals surface area contributed by atoms with Gasteiger partial charge in [-0.15, -0.1) is 11.6 Å². The Morgan fingerprint density at radius 3 is 2.33 bits per heavy atom. The van der Waals surface area contributed by atoms with E-state index in [-0.39, 0.29) is 22.5 Å². The first-order chi connectivity index (χ1) is 5.37. The highest BCUT2D eigenvalue weighted by Crippen LogP contribution is 2.47. The summed E-state index contributed by atoms with van der Waals surface area (Å²) in [4.78, 5) is 11.3. The van der Waals surface area contributed by atoms with Crippen LogP contribution in [0.5, 0.6) is 0 Å². The molecule has 0 aromatic carbocycles. The first-order valence-electron chi connectivity index (χ1n) is 4.20. The van der Waals surface area contributed by atoms with Gasteiger partial charge in [-0.05, 0) is 13.8 Å². The maximum absolute atomic E-state index is 11.3. The average molecular weight is 187 g/mol. The minimum absolute atomic E-state index is 0.0324. The van der Waals surface area contributed by atoms with E-state index in [4.69, 9.17) is 11.6 Å².